The van der Waals surface area contributed by atoms with E-state index in [4.69, 9.17) is 0 Å². The Labute approximate surface area is 217 Å². The van der Waals surface area contributed by atoms with E-state index < -0.39 is 34.9 Å². The van der Waals surface area contributed by atoms with Crippen molar-refractivity contribution in [2.24, 2.45) is 11.3 Å². The Hall–Kier alpha value is -2.67. The average molecular weight is 502 g/mol. The summed E-state index contributed by atoms with van der Waals surface area (Å²) in [6.45, 7) is 19.3. The zero-order valence-corrected chi connectivity index (χ0v) is 24.2. The van der Waals surface area contributed by atoms with Gasteiger partial charge in [0.1, 0.15) is 6.04 Å². The van der Waals surface area contributed by atoms with Crippen LogP contribution >= 0.6 is 0 Å². The van der Waals surface area contributed by atoms with Gasteiger partial charge in [-0.25, -0.2) is 4.79 Å². The highest BCUT2D eigenvalue weighted by atomic mass is 16.4. The number of nitrogens with one attached hydrogen (secondary N) is 2. The van der Waals surface area contributed by atoms with Gasteiger partial charge in [-0.2, -0.15) is 0 Å². The van der Waals surface area contributed by atoms with Gasteiger partial charge in [0.05, 0.1) is 12.1 Å². The molecule has 0 spiro atoms. The molecule has 1 aromatic rings. The summed E-state index contributed by atoms with van der Waals surface area (Å²) < 4.78 is 0. The number of nitrogens with zero attached hydrogens (tertiary/aromatic N) is 1. The van der Waals surface area contributed by atoms with E-state index in [-0.39, 0.29) is 23.3 Å². The zero-order chi connectivity index (χ0) is 28.2. The largest absolute Gasteiger partial charge is 0.478 e. The maximum atomic E-state index is 13.8. The smallest absolute Gasteiger partial charge is 0.331 e. The number of rotatable bonds is 10. The van der Waals surface area contributed by atoms with Gasteiger partial charge in [-0.3, -0.25) is 9.59 Å². The van der Waals surface area contributed by atoms with E-state index in [1.54, 1.807) is 25.1 Å². The summed E-state index contributed by atoms with van der Waals surface area (Å²) in [5.74, 6) is -1.56. The molecule has 3 N–H and O–H groups in total. The fraction of sp³-hybridized carbons (Fsp3) is 0.621. The van der Waals surface area contributed by atoms with Crippen LogP contribution in [0.15, 0.2) is 29.8 Å². The molecular weight excluding hydrogens is 454 g/mol. The van der Waals surface area contributed by atoms with Crippen molar-refractivity contribution in [3.8, 4) is 0 Å². The minimum absolute atomic E-state index is 0.0156. The van der Waals surface area contributed by atoms with Crippen molar-refractivity contribution in [2.75, 3.05) is 14.1 Å². The SMILES string of the molecule is CN[C@H](C(=O)N[C@H](C(=O)N(C)[C@H](C=C(C)C(=O)O)C(C)C)C(C)(C)C)C(C)(C)c1cc(C)cc(C)c1. The van der Waals surface area contributed by atoms with Gasteiger partial charge in [0.15, 0.2) is 0 Å². The Bertz CT molecular complexity index is 968. The Morgan fingerprint density at radius 1 is 0.972 bits per heavy atom. The molecule has 0 fully saturated rings. The molecule has 0 unspecified atom stereocenters. The molecule has 0 saturated carbocycles. The van der Waals surface area contributed by atoms with Crippen molar-refractivity contribution >= 4 is 17.8 Å². The maximum Gasteiger partial charge on any atom is 0.331 e. The van der Waals surface area contributed by atoms with Gasteiger partial charge in [0, 0.05) is 18.0 Å². The third kappa shape index (κ3) is 7.66. The summed E-state index contributed by atoms with van der Waals surface area (Å²) in [5.41, 5.74) is 2.35. The predicted molar refractivity (Wildman–Crippen MR) is 146 cm³/mol. The first kappa shape index (κ1) is 31.4. The molecule has 36 heavy (non-hydrogen) atoms. The second-order valence-electron chi connectivity index (χ2n) is 12.0. The summed E-state index contributed by atoms with van der Waals surface area (Å²) in [6.07, 6.45) is 1.60. The van der Waals surface area contributed by atoms with E-state index in [1.165, 1.54) is 6.92 Å². The van der Waals surface area contributed by atoms with Gasteiger partial charge in [-0.1, -0.05) is 83.9 Å². The molecule has 1 rings (SSSR count). The topological polar surface area (TPSA) is 98.7 Å². The first-order chi connectivity index (χ1) is 16.3. The molecule has 0 aliphatic rings. The quantitative estimate of drug-likeness (QED) is 0.417. The lowest BCUT2D eigenvalue weighted by molar-refractivity contribution is -0.141. The summed E-state index contributed by atoms with van der Waals surface area (Å²) in [7, 11) is 3.42. The molecule has 7 nitrogen and oxygen atoms in total. The molecule has 0 saturated heterocycles. The van der Waals surface area contributed by atoms with E-state index in [0.717, 1.165) is 16.7 Å². The van der Waals surface area contributed by atoms with Gasteiger partial charge < -0.3 is 20.6 Å². The van der Waals surface area contributed by atoms with Crippen LogP contribution < -0.4 is 10.6 Å². The normalized spacial score (nSPS) is 15.3. The molecule has 3 atom stereocenters. The summed E-state index contributed by atoms with van der Waals surface area (Å²) in [5, 5.41) is 15.6. The minimum Gasteiger partial charge on any atom is -0.478 e. The molecule has 0 aromatic heterocycles. The molecule has 1 aromatic carbocycles. The van der Waals surface area contributed by atoms with Gasteiger partial charge in [-0.15, -0.1) is 0 Å². The van der Waals surface area contributed by atoms with Crippen molar-refractivity contribution in [3.05, 3.63) is 46.5 Å². The van der Waals surface area contributed by atoms with E-state index in [9.17, 15) is 19.5 Å². The molecule has 0 aliphatic heterocycles. The number of carboxylic acids is 1. The van der Waals surface area contributed by atoms with Gasteiger partial charge in [0.2, 0.25) is 11.8 Å². The lowest BCUT2D eigenvalue weighted by Crippen LogP contribution is -2.61. The monoisotopic (exact) mass is 501 g/mol. The molecule has 202 valence electrons. The van der Waals surface area contributed by atoms with E-state index >= 15 is 0 Å². The molecule has 0 bridgehead atoms. The highest BCUT2D eigenvalue weighted by Gasteiger charge is 2.41. The number of benzene rings is 1. The van der Waals surface area contributed by atoms with Crippen LogP contribution in [0, 0.1) is 25.2 Å². The third-order valence-electron chi connectivity index (χ3n) is 6.87. The molecular formula is C29H47N3O4. The van der Waals surface area contributed by atoms with E-state index in [2.05, 4.69) is 28.8 Å². The van der Waals surface area contributed by atoms with Crippen LogP contribution in [0.4, 0.5) is 0 Å². The fourth-order valence-corrected chi connectivity index (χ4v) is 4.64. The number of likely N-dealkylation sites (N-methyl/N-ethyl adjacent to an activating group) is 2. The van der Waals surface area contributed by atoms with Crippen molar-refractivity contribution in [2.45, 2.75) is 92.8 Å². The fourth-order valence-electron chi connectivity index (χ4n) is 4.64. The lowest BCUT2D eigenvalue weighted by atomic mass is 9.76. The maximum absolute atomic E-state index is 13.8. The van der Waals surface area contributed by atoms with E-state index in [0.29, 0.717) is 0 Å². The number of aliphatic carboxylic acids is 1. The molecule has 0 aliphatic carbocycles. The van der Waals surface area contributed by atoms with Crippen LogP contribution in [0.3, 0.4) is 0 Å². The highest BCUT2D eigenvalue weighted by molar-refractivity contribution is 5.91. The third-order valence-corrected chi connectivity index (χ3v) is 6.87. The number of hydrogen-bond donors (Lipinski definition) is 3. The Morgan fingerprint density at radius 2 is 1.47 bits per heavy atom. The van der Waals surface area contributed by atoms with Crippen LogP contribution in [-0.2, 0) is 19.8 Å². The van der Waals surface area contributed by atoms with Gasteiger partial charge >= 0.3 is 5.97 Å². The number of carboxylic acid groups (broad SMARTS) is 1. The summed E-state index contributed by atoms with van der Waals surface area (Å²) >= 11 is 0. The summed E-state index contributed by atoms with van der Waals surface area (Å²) in [4.78, 5) is 40.4. The van der Waals surface area contributed by atoms with Gasteiger partial charge in [0.25, 0.3) is 0 Å². The van der Waals surface area contributed by atoms with Crippen molar-refractivity contribution in [1.29, 1.82) is 0 Å². The second-order valence-corrected chi connectivity index (χ2v) is 12.0. The van der Waals surface area contributed by atoms with Crippen molar-refractivity contribution < 1.29 is 19.5 Å². The molecule has 7 heteroatoms. The Kier molecular flexibility index (Phi) is 10.5. The van der Waals surface area contributed by atoms with Crippen LogP contribution in [0.5, 0.6) is 0 Å². The molecule has 2 amide bonds. The number of hydrogen-bond acceptors (Lipinski definition) is 4. The average Bonchev–Trinajstić information content (AvgIpc) is 2.73. The number of carbonyl (C=O) groups is 3. The van der Waals surface area contributed by atoms with Crippen molar-refractivity contribution in [1.82, 2.24) is 15.5 Å². The highest BCUT2D eigenvalue weighted by Crippen LogP contribution is 2.30. The second kappa shape index (κ2) is 12.0. The Balaban J connectivity index is 3.36. The van der Waals surface area contributed by atoms with E-state index in [1.807, 2.05) is 62.3 Å². The van der Waals surface area contributed by atoms with Gasteiger partial charge in [-0.05, 0) is 44.7 Å². The first-order valence-corrected chi connectivity index (χ1v) is 12.6. The lowest BCUT2D eigenvalue weighted by Gasteiger charge is -2.40. The molecule has 0 radical (unpaired) electrons. The van der Waals surface area contributed by atoms with Crippen LogP contribution in [0.2, 0.25) is 0 Å². The van der Waals surface area contributed by atoms with Crippen LogP contribution in [-0.4, -0.2) is 60.0 Å². The first-order valence-electron chi connectivity index (χ1n) is 12.6. The predicted octanol–water partition coefficient (Wildman–Crippen LogP) is 4.21. The van der Waals surface area contributed by atoms with Crippen LogP contribution in [0.25, 0.3) is 0 Å². The molecule has 0 heterocycles. The number of carbonyl (C=O) groups excluding carboxylic acids is 2. The van der Waals surface area contributed by atoms with Crippen LogP contribution in [0.1, 0.15) is 72.1 Å². The number of aryl methyl sites for hydroxylation is 2. The minimum atomic E-state index is -1.02. The van der Waals surface area contributed by atoms with Crippen molar-refractivity contribution in [3.63, 3.8) is 0 Å². The Morgan fingerprint density at radius 3 is 1.86 bits per heavy atom. The zero-order valence-electron chi connectivity index (χ0n) is 24.2. The number of amides is 2. The summed E-state index contributed by atoms with van der Waals surface area (Å²) in [6, 6.07) is 4.47. The standard InChI is InChI=1S/C29H47N3O4/c1-17(2)22(16-20(5)27(35)36)32(12)26(34)24(28(6,7)8)31-25(33)23(30-11)29(9,10)21-14-18(3)13-19(4)15-21/h13-17,22-24,30H,1-12H3,(H,31,33)(H,35,36)/t22-,23-,24-/m1/s1.